The van der Waals surface area contributed by atoms with Crippen molar-refractivity contribution in [2.45, 2.75) is 6.92 Å². The molecule has 0 radical (unpaired) electrons. The monoisotopic (exact) mass is 399 g/mol. The summed E-state index contributed by atoms with van der Waals surface area (Å²) in [4.78, 5) is 13.9. The van der Waals surface area contributed by atoms with Gasteiger partial charge in [-0.15, -0.1) is 0 Å². The van der Waals surface area contributed by atoms with Crippen molar-refractivity contribution in [2.75, 3.05) is 14.2 Å². The van der Waals surface area contributed by atoms with Gasteiger partial charge in [-0.3, -0.25) is 0 Å². The van der Waals surface area contributed by atoms with Crippen LogP contribution in [0, 0.1) is 6.92 Å². The van der Waals surface area contributed by atoms with Crippen LogP contribution in [0.15, 0.2) is 66.7 Å². The number of hydrogen-bond donors (Lipinski definition) is 1. The molecule has 3 aromatic carbocycles. The van der Waals surface area contributed by atoms with Gasteiger partial charge in [0, 0.05) is 11.1 Å². The Morgan fingerprint density at radius 2 is 1.10 bits per heavy atom. The minimum Gasteiger partial charge on any atom is -0.507 e. The third-order valence-electron chi connectivity index (χ3n) is 4.73. The molecule has 1 heterocycles. The summed E-state index contributed by atoms with van der Waals surface area (Å²) < 4.78 is 10.5. The molecule has 0 atom stereocenters. The lowest BCUT2D eigenvalue weighted by molar-refractivity contribution is 0.415. The van der Waals surface area contributed by atoms with Gasteiger partial charge in [0.2, 0.25) is 0 Å². The number of ether oxygens (including phenoxy) is 2. The molecule has 0 bridgehead atoms. The van der Waals surface area contributed by atoms with Crippen LogP contribution in [0.1, 0.15) is 5.56 Å². The number of benzene rings is 3. The van der Waals surface area contributed by atoms with Crippen molar-refractivity contribution < 1.29 is 14.6 Å². The Kier molecular flexibility index (Phi) is 5.30. The second-order valence-corrected chi connectivity index (χ2v) is 6.78. The van der Waals surface area contributed by atoms with Crippen LogP contribution in [0.5, 0.6) is 17.2 Å². The summed E-state index contributed by atoms with van der Waals surface area (Å²) in [7, 11) is 3.25. The van der Waals surface area contributed by atoms with Crippen LogP contribution in [0.2, 0.25) is 0 Å². The Labute approximate surface area is 174 Å². The van der Waals surface area contributed by atoms with Crippen molar-refractivity contribution in [1.29, 1.82) is 0 Å². The number of phenolic OH excluding ortho intramolecular Hbond substituents is 1. The van der Waals surface area contributed by atoms with Crippen LogP contribution in [-0.4, -0.2) is 34.3 Å². The summed E-state index contributed by atoms with van der Waals surface area (Å²) in [6.45, 7) is 1.92. The molecule has 0 saturated heterocycles. The van der Waals surface area contributed by atoms with Gasteiger partial charge < -0.3 is 14.6 Å². The first-order chi connectivity index (χ1) is 14.6. The highest BCUT2D eigenvalue weighted by atomic mass is 16.5. The lowest BCUT2D eigenvalue weighted by Crippen LogP contribution is -2.00. The Morgan fingerprint density at radius 3 is 1.53 bits per heavy atom. The van der Waals surface area contributed by atoms with Gasteiger partial charge >= 0.3 is 0 Å². The fourth-order valence-corrected chi connectivity index (χ4v) is 3.07. The number of phenols is 1. The zero-order valence-corrected chi connectivity index (χ0v) is 17.0. The smallest absolute Gasteiger partial charge is 0.167 e. The molecule has 0 aliphatic carbocycles. The van der Waals surface area contributed by atoms with Gasteiger partial charge in [-0.05, 0) is 73.2 Å². The molecule has 0 amide bonds. The molecular formula is C24H21N3O3. The van der Waals surface area contributed by atoms with Crippen molar-refractivity contribution in [3.05, 3.63) is 72.3 Å². The van der Waals surface area contributed by atoms with Gasteiger partial charge in [0.15, 0.2) is 17.5 Å². The number of nitrogens with zero attached hydrogens (tertiary/aromatic N) is 3. The summed E-state index contributed by atoms with van der Waals surface area (Å²) in [5.41, 5.74) is 3.14. The highest BCUT2D eigenvalue weighted by molar-refractivity contribution is 5.70. The van der Waals surface area contributed by atoms with Crippen molar-refractivity contribution >= 4 is 0 Å². The lowest BCUT2D eigenvalue weighted by Gasteiger charge is -2.10. The summed E-state index contributed by atoms with van der Waals surface area (Å²) in [6.07, 6.45) is 0. The minimum atomic E-state index is 0.127. The standard InChI is InChI=1S/C24H21N3O3/c1-15-4-13-20(21(28)14-15)24-26-22(16-5-9-18(29-2)10-6-16)25-23(27-24)17-7-11-19(30-3)12-8-17/h4-14,28H,1-3H3. The van der Waals surface area contributed by atoms with Gasteiger partial charge in [-0.1, -0.05) is 6.07 Å². The quantitative estimate of drug-likeness (QED) is 0.514. The van der Waals surface area contributed by atoms with Crippen molar-refractivity contribution in [3.8, 4) is 51.4 Å². The Bertz CT molecular complexity index is 1110. The van der Waals surface area contributed by atoms with Crippen LogP contribution in [0.3, 0.4) is 0 Å². The van der Waals surface area contributed by atoms with E-state index in [0.717, 1.165) is 28.2 Å². The topological polar surface area (TPSA) is 77.4 Å². The maximum Gasteiger partial charge on any atom is 0.167 e. The van der Waals surface area contributed by atoms with Crippen LogP contribution in [-0.2, 0) is 0 Å². The molecule has 0 spiro atoms. The van der Waals surface area contributed by atoms with E-state index < -0.39 is 0 Å². The zero-order valence-electron chi connectivity index (χ0n) is 17.0. The summed E-state index contributed by atoms with van der Waals surface area (Å²) in [6, 6.07) is 20.4. The predicted molar refractivity (Wildman–Crippen MR) is 116 cm³/mol. The van der Waals surface area contributed by atoms with Gasteiger partial charge in [-0.25, -0.2) is 15.0 Å². The van der Waals surface area contributed by atoms with E-state index in [9.17, 15) is 5.11 Å². The van der Waals surface area contributed by atoms with E-state index in [2.05, 4.69) is 15.0 Å². The predicted octanol–water partition coefficient (Wildman–Crippen LogP) is 4.90. The van der Waals surface area contributed by atoms with Crippen LogP contribution in [0.4, 0.5) is 0 Å². The van der Waals surface area contributed by atoms with E-state index in [0.29, 0.717) is 23.0 Å². The first kappa shape index (κ1) is 19.4. The largest absolute Gasteiger partial charge is 0.507 e. The molecule has 6 nitrogen and oxygen atoms in total. The molecule has 30 heavy (non-hydrogen) atoms. The maximum absolute atomic E-state index is 10.5. The van der Waals surface area contributed by atoms with Gasteiger partial charge in [0.1, 0.15) is 17.2 Å². The van der Waals surface area contributed by atoms with E-state index in [1.165, 1.54) is 0 Å². The number of aromatic hydroxyl groups is 1. The fourth-order valence-electron chi connectivity index (χ4n) is 3.07. The van der Waals surface area contributed by atoms with Gasteiger partial charge in [-0.2, -0.15) is 0 Å². The molecule has 0 saturated carbocycles. The summed E-state index contributed by atoms with van der Waals surface area (Å²) >= 11 is 0. The van der Waals surface area contributed by atoms with Crippen LogP contribution < -0.4 is 9.47 Å². The SMILES string of the molecule is COc1ccc(-c2nc(-c3ccc(OC)cc3)nc(-c3ccc(C)cc3O)n2)cc1. The third kappa shape index (κ3) is 3.93. The average molecular weight is 399 g/mol. The fraction of sp³-hybridized carbons (Fsp3) is 0.125. The van der Waals surface area contributed by atoms with Gasteiger partial charge in [0.05, 0.1) is 19.8 Å². The first-order valence-corrected chi connectivity index (χ1v) is 9.42. The van der Waals surface area contributed by atoms with Crippen LogP contribution in [0.25, 0.3) is 34.2 Å². The molecule has 0 aliphatic heterocycles. The zero-order chi connectivity index (χ0) is 21.1. The normalized spacial score (nSPS) is 10.6. The minimum absolute atomic E-state index is 0.127. The second-order valence-electron chi connectivity index (χ2n) is 6.78. The Balaban J connectivity index is 1.88. The number of rotatable bonds is 5. The first-order valence-electron chi connectivity index (χ1n) is 9.42. The van der Waals surface area contributed by atoms with E-state index in [1.54, 1.807) is 20.3 Å². The molecule has 1 N–H and O–H groups in total. The van der Waals surface area contributed by atoms with Crippen molar-refractivity contribution in [2.24, 2.45) is 0 Å². The van der Waals surface area contributed by atoms with E-state index in [-0.39, 0.29) is 5.75 Å². The Morgan fingerprint density at radius 1 is 0.633 bits per heavy atom. The van der Waals surface area contributed by atoms with Crippen molar-refractivity contribution in [1.82, 2.24) is 15.0 Å². The molecule has 6 heteroatoms. The molecular weight excluding hydrogens is 378 g/mol. The molecule has 0 unspecified atom stereocenters. The van der Waals surface area contributed by atoms with E-state index >= 15 is 0 Å². The highest BCUT2D eigenvalue weighted by Crippen LogP contribution is 2.31. The summed E-state index contributed by atoms with van der Waals surface area (Å²) in [5, 5.41) is 10.5. The summed E-state index contributed by atoms with van der Waals surface area (Å²) in [5.74, 6) is 3.04. The molecule has 0 fully saturated rings. The number of aryl methyl sites for hydroxylation is 1. The molecule has 150 valence electrons. The number of aromatic nitrogens is 3. The number of hydrogen-bond acceptors (Lipinski definition) is 6. The average Bonchev–Trinajstić information content (AvgIpc) is 2.79. The molecule has 0 aliphatic rings. The highest BCUT2D eigenvalue weighted by Gasteiger charge is 2.15. The lowest BCUT2D eigenvalue weighted by atomic mass is 10.1. The van der Waals surface area contributed by atoms with Gasteiger partial charge in [0.25, 0.3) is 0 Å². The third-order valence-corrected chi connectivity index (χ3v) is 4.73. The number of methoxy groups -OCH3 is 2. The molecule has 4 rings (SSSR count). The van der Waals surface area contributed by atoms with E-state index in [4.69, 9.17) is 9.47 Å². The van der Waals surface area contributed by atoms with Crippen molar-refractivity contribution in [3.63, 3.8) is 0 Å². The molecule has 1 aromatic heterocycles. The maximum atomic E-state index is 10.5. The second kappa shape index (κ2) is 8.21. The Hall–Kier alpha value is -3.93. The van der Waals surface area contributed by atoms with Crippen LogP contribution >= 0.6 is 0 Å². The molecule has 4 aromatic rings. The van der Waals surface area contributed by atoms with E-state index in [1.807, 2.05) is 67.6 Å².